The Labute approximate surface area is 164 Å². The highest BCUT2D eigenvalue weighted by molar-refractivity contribution is 9.10. The number of carbonyl (C=O) groups excluding carboxylic acids is 1. The molecule has 3 rings (SSSR count). The van der Waals surface area contributed by atoms with Crippen molar-refractivity contribution >= 4 is 53.2 Å². The summed E-state index contributed by atoms with van der Waals surface area (Å²) in [6.07, 6.45) is 0.621. The van der Waals surface area contributed by atoms with E-state index in [1.165, 1.54) is 12.1 Å². The zero-order chi connectivity index (χ0) is 18.7. The minimum atomic E-state index is -3.36. The van der Waals surface area contributed by atoms with Gasteiger partial charge in [-0.3, -0.25) is 4.79 Å². The zero-order valence-corrected chi connectivity index (χ0v) is 17.2. The number of fused-ring (bicyclic) bond motifs is 1. The molecule has 2 aromatic carbocycles. The van der Waals surface area contributed by atoms with Gasteiger partial charge in [-0.1, -0.05) is 19.1 Å². The van der Waals surface area contributed by atoms with E-state index in [1.807, 2.05) is 24.3 Å². The summed E-state index contributed by atoms with van der Waals surface area (Å²) < 4.78 is 25.7. The van der Waals surface area contributed by atoms with E-state index >= 15 is 0 Å². The zero-order valence-electron chi connectivity index (χ0n) is 14.0. The van der Waals surface area contributed by atoms with Crippen LogP contribution in [0, 0.1) is 0 Å². The van der Waals surface area contributed by atoms with Gasteiger partial charge in [-0.15, -0.1) is 11.3 Å². The molecule has 26 heavy (non-hydrogen) atoms. The first-order chi connectivity index (χ1) is 12.4. The number of halogens is 1. The molecule has 0 aliphatic rings. The first-order valence-electron chi connectivity index (χ1n) is 8.05. The number of thiazole rings is 1. The fourth-order valence-electron chi connectivity index (χ4n) is 2.44. The maximum absolute atomic E-state index is 12.4. The third-order valence-corrected chi connectivity index (χ3v) is 7.40. The van der Waals surface area contributed by atoms with Crippen LogP contribution in [0.2, 0.25) is 0 Å². The number of aromatic nitrogens is 1. The third kappa shape index (κ3) is 4.13. The van der Waals surface area contributed by atoms with E-state index in [2.05, 4.69) is 26.2 Å². The number of benzene rings is 2. The van der Waals surface area contributed by atoms with Crippen molar-refractivity contribution in [3.8, 4) is 0 Å². The molecular weight excluding hydrogens is 436 g/mol. The Kier molecular flexibility index (Phi) is 5.74. The number of rotatable bonds is 6. The van der Waals surface area contributed by atoms with Crippen molar-refractivity contribution in [2.75, 3.05) is 12.3 Å². The molecule has 0 aliphatic heterocycles. The second-order valence-electron chi connectivity index (χ2n) is 5.63. The lowest BCUT2D eigenvalue weighted by Gasteiger charge is -2.08. The molecule has 1 amide bonds. The fourth-order valence-corrected chi connectivity index (χ4v) is 4.74. The molecular formula is C18H17BrN2O3S2. The summed E-state index contributed by atoms with van der Waals surface area (Å²) in [6, 6.07) is 12.4. The highest BCUT2D eigenvalue weighted by Gasteiger charge is 2.17. The van der Waals surface area contributed by atoms with Gasteiger partial charge in [0.1, 0.15) is 0 Å². The van der Waals surface area contributed by atoms with Gasteiger partial charge < -0.3 is 5.32 Å². The quantitative estimate of drug-likeness (QED) is 0.616. The molecule has 0 unspecified atom stereocenters. The molecule has 0 saturated carbocycles. The lowest BCUT2D eigenvalue weighted by Crippen LogP contribution is -2.26. The van der Waals surface area contributed by atoms with Crippen LogP contribution < -0.4 is 5.32 Å². The lowest BCUT2D eigenvalue weighted by atomic mass is 10.2. The Hall–Kier alpha value is -1.77. The summed E-state index contributed by atoms with van der Waals surface area (Å²) in [5, 5.41) is 3.78. The monoisotopic (exact) mass is 452 g/mol. The summed E-state index contributed by atoms with van der Waals surface area (Å²) in [5.74, 6) is -0.320. The number of para-hydroxylation sites is 1. The van der Waals surface area contributed by atoms with E-state index in [-0.39, 0.29) is 16.6 Å². The van der Waals surface area contributed by atoms with Crippen LogP contribution in [0.15, 0.2) is 51.8 Å². The Morgan fingerprint density at radius 2 is 2.00 bits per heavy atom. The van der Waals surface area contributed by atoms with Crippen LogP contribution in [-0.2, 0) is 16.3 Å². The van der Waals surface area contributed by atoms with Crippen LogP contribution >= 0.6 is 27.3 Å². The van der Waals surface area contributed by atoms with Crippen molar-refractivity contribution in [3.05, 3.63) is 57.5 Å². The van der Waals surface area contributed by atoms with Crippen LogP contribution in [0.1, 0.15) is 22.3 Å². The normalized spacial score (nSPS) is 11.6. The second kappa shape index (κ2) is 7.85. The number of nitrogens with one attached hydrogen (secondary N) is 1. The largest absolute Gasteiger partial charge is 0.352 e. The Morgan fingerprint density at radius 1 is 1.23 bits per heavy atom. The molecule has 136 valence electrons. The van der Waals surface area contributed by atoms with Gasteiger partial charge in [0, 0.05) is 17.4 Å². The number of amides is 1. The van der Waals surface area contributed by atoms with Crippen molar-refractivity contribution in [2.24, 2.45) is 0 Å². The van der Waals surface area contributed by atoms with Gasteiger partial charge in [0.15, 0.2) is 9.84 Å². The second-order valence-corrected chi connectivity index (χ2v) is 9.87. The molecule has 3 aromatic rings. The van der Waals surface area contributed by atoms with Crippen molar-refractivity contribution < 1.29 is 13.2 Å². The molecule has 0 radical (unpaired) electrons. The van der Waals surface area contributed by atoms with Gasteiger partial charge in [-0.25, -0.2) is 13.4 Å². The summed E-state index contributed by atoms with van der Waals surface area (Å²) in [4.78, 5) is 17.1. The molecule has 0 bridgehead atoms. The first-order valence-corrected chi connectivity index (χ1v) is 11.3. The molecule has 1 N–H and O–H groups in total. The van der Waals surface area contributed by atoms with E-state index in [0.717, 1.165) is 15.2 Å². The molecule has 5 nitrogen and oxygen atoms in total. The van der Waals surface area contributed by atoms with Crippen molar-refractivity contribution in [1.82, 2.24) is 10.3 Å². The lowest BCUT2D eigenvalue weighted by molar-refractivity contribution is 0.0953. The summed E-state index contributed by atoms with van der Waals surface area (Å²) >= 11 is 4.92. The molecule has 0 spiro atoms. The molecule has 1 aromatic heterocycles. The number of carbonyl (C=O) groups is 1. The summed E-state index contributed by atoms with van der Waals surface area (Å²) in [5.41, 5.74) is 1.27. The van der Waals surface area contributed by atoms with E-state index in [1.54, 1.807) is 24.3 Å². The minimum Gasteiger partial charge on any atom is -0.352 e. The van der Waals surface area contributed by atoms with Gasteiger partial charge in [0.05, 0.1) is 31.4 Å². The smallest absolute Gasteiger partial charge is 0.252 e. The molecule has 1 heterocycles. The first kappa shape index (κ1) is 19.0. The van der Waals surface area contributed by atoms with Crippen molar-refractivity contribution in [1.29, 1.82) is 0 Å². The van der Waals surface area contributed by atoms with Gasteiger partial charge in [0.25, 0.3) is 5.91 Å². The van der Waals surface area contributed by atoms with E-state index < -0.39 is 9.84 Å². The van der Waals surface area contributed by atoms with Gasteiger partial charge in [-0.05, 0) is 46.3 Å². The van der Waals surface area contributed by atoms with E-state index in [4.69, 9.17) is 0 Å². The number of hydrogen-bond donors (Lipinski definition) is 1. The predicted octanol–water partition coefficient (Wildman–Crippen LogP) is 3.82. The van der Waals surface area contributed by atoms with Crippen molar-refractivity contribution in [2.45, 2.75) is 18.2 Å². The fraction of sp³-hybridized carbons (Fsp3) is 0.222. The van der Waals surface area contributed by atoms with E-state index in [9.17, 15) is 13.2 Å². The molecule has 0 atom stereocenters. The van der Waals surface area contributed by atoms with Crippen LogP contribution in [0.3, 0.4) is 0 Å². The van der Waals surface area contributed by atoms with Crippen molar-refractivity contribution in [3.63, 3.8) is 0 Å². The Balaban J connectivity index is 1.69. The van der Waals surface area contributed by atoms with Crippen LogP contribution in [0.25, 0.3) is 10.2 Å². The van der Waals surface area contributed by atoms with E-state index in [0.29, 0.717) is 23.0 Å². The van der Waals surface area contributed by atoms with Gasteiger partial charge >= 0.3 is 0 Å². The van der Waals surface area contributed by atoms with Gasteiger partial charge in [0.2, 0.25) is 0 Å². The summed E-state index contributed by atoms with van der Waals surface area (Å²) in [7, 11) is -3.36. The minimum absolute atomic E-state index is 0.00665. The maximum atomic E-state index is 12.4. The standard InChI is InChI=1S/C18H17BrN2O3S2/c1-2-26(23,24)12-7-8-14(19)13(11-12)18(22)20-10-9-17-21-15-5-3-4-6-16(15)25-17/h3-8,11H,2,9-10H2,1H3,(H,20,22). The average Bonchev–Trinajstić information content (AvgIpc) is 3.04. The molecule has 0 aliphatic carbocycles. The third-order valence-electron chi connectivity index (χ3n) is 3.88. The molecule has 0 saturated heterocycles. The van der Waals surface area contributed by atoms with Gasteiger partial charge in [-0.2, -0.15) is 0 Å². The Bertz CT molecular complexity index is 1030. The van der Waals surface area contributed by atoms with Crippen LogP contribution in [0.5, 0.6) is 0 Å². The highest BCUT2D eigenvalue weighted by atomic mass is 79.9. The number of hydrogen-bond acceptors (Lipinski definition) is 5. The number of nitrogens with zero attached hydrogens (tertiary/aromatic N) is 1. The number of sulfone groups is 1. The summed E-state index contributed by atoms with van der Waals surface area (Å²) in [6.45, 7) is 2.00. The Morgan fingerprint density at radius 3 is 2.73 bits per heavy atom. The topological polar surface area (TPSA) is 76.1 Å². The molecule has 0 fully saturated rings. The SMILES string of the molecule is CCS(=O)(=O)c1ccc(Br)c(C(=O)NCCc2nc3ccccc3s2)c1. The predicted molar refractivity (Wildman–Crippen MR) is 108 cm³/mol. The van der Waals surface area contributed by atoms with Crippen LogP contribution in [-0.4, -0.2) is 31.6 Å². The highest BCUT2D eigenvalue weighted by Crippen LogP contribution is 2.23. The molecule has 8 heteroatoms. The van der Waals surface area contributed by atoms with Crippen LogP contribution in [0.4, 0.5) is 0 Å². The maximum Gasteiger partial charge on any atom is 0.252 e. The average molecular weight is 453 g/mol.